The Labute approximate surface area is 181 Å². The van der Waals surface area contributed by atoms with Gasteiger partial charge >= 0.3 is 0 Å². The fraction of sp³-hybridized carbons (Fsp3) is 0.652. The Morgan fingerprint density at radius 1 is 1.07 bits per heavy atom. The third-order valence-electron chi connectivity index (χ3n) is 5.29. The number of carbonyl (C=O) groups is 1. The molecule has 0 aromatic heterocycles. The van der Waals surface area contributed by atoms with Crippen LogP contribution in [0.3, 0.4) is 0 Å². The summed E-state index contributed by atoms with van der Waals surface area (Å²) in [6, 6.07) is 8.04. The van der Waals surface area contributed by atoms with Crippen molar-refractivity contribution in [3.8, 4) is 5.75 Å². The van der Waals surface area contributed by atoms with E-state index in [-0.39, 0.29) is 12.5 Å². The molecule has 1 aromatic rings. The molecule has 0 bridgehead atoms. The van der Waals surface area contributed by atoms with Gasteiger partial charge in [0.1, 0.15) is 12.3 Å². The largest absolute Gasteiger partial charge is 0.497 e. The van der Waals surface area contributed by atoms with Crippen molar-refractivity contribution < 1.29 is 14.3 Å². The number of benzene rings is 1. The second-order valence-electron chi connectivity index (χ2n) is 7.89. The maximum absolute atomic E-state index is 11.9. The molecule has 0 radical (unpaired) electrons. The van der Waals surface area contributed by atoms with Gasteiger partial charge in [-0.2, -0.15) is 0 Å². The van der Waals surface area contributed by atoms with Crippen LogP contribution in [-0.4, -0.2) is 70.3 Å². The first-order valence-corrected chi connectivity index (χ1v) is 11.1. The van der Waals surface area contributed by atoms with Crippen LogP contribution in [-0.2, 0) is 16.0 Å². The highest BCUT2D eigenvalue weighted by atomic mass is 16.5. The van der Waals surface area contributed by atoms with E-state index in [9.17, 15) is 4.79 Å². The quantitative estimate of drug-likeness (QED) is 0.264. The topological polar surface area (TPSA) is 75.2 Å². The molecule has 1 saturated carbocycles. The fourth-order valence-electron chi connectivity index (χ4n) is 3.38. The molecule has 0 spiro atoms. The first kappa shape index (κ1) is 24.0. The van der Waals surface area contributed by atoms with Crippen molar-refractivity contribution in [2.45, 2.75) is 51.0 Å². The molecule has 1 aliphatic rings. The smallest absolute Gasteiger partial charge is 0.243 e. The van der Waals surface area contributed by atoms with Crippen molar-refractivity contribution in [2.24, 2.45) is 4.99 Å². The Morgan fingerprint density at radius 2 is 1.73 bits per heavy atom. The highest BCUT2D eigenvalue weighted by molar-refractivity contribution is 5.84. The minimum absolute atomic E-state index is 0.0269. The molecule has 2 rings (SSSR count). The zero-order chi connectivity index (χ0) is 21.6. The standard InChI is InChI=1S/C23H38N4O3/c1-27(2)22(28)18-26-23(24-15-14-19-10-12-20(29-3)13-11-19)25-16-17-30-21-8-6-4-5-7-9-21/h10-13,21H,4-9,14-18H2,1-3H3,(H2,24,25,26). The highest BCUT2D eigenvalue weighted by Gasteiger charge is 2.12. The van der Waals surface area contributed by atoms with Crippen LogP contribution in [0.5, 0.6) is 5.75 Å². The Hall–Kier alpha value is -2.28. The number of methoxy groups -OCH3 is 1. The van der Waals surface area contributed by atoms with E-state index in [0.717, 1.165) is 18.7 Å². The number of nitrogens with one attached hydrogen (secondary N) is 2. The van der Waals surface area contributed by atoms with Gasteiger partial charge in [0.15, 0.2) is 5.96 Å². The summed E-state index contributed by atoms with van der Waals surface area (Å²) in [5.41, 5.74) is 1.21. The van der Waals surface area contributed by atoms with E-state index >= 15 is 0 Å². The summed E-state index contributed by atoms with van der Waals surface area (Å²) in [4.78, 5) is 17.9. The van der Waals surface area contributed by atoms with Crippen LogP contribution in [0.2, 0.25) is 0 Å². The van der Waals surface area contributed by atoms with Crippen LogP contribution in [0.25, 0.3) is 0 Å². The number of carbonyl (C=O) groups excluding carboxylic acids is 1. The molecule has 0 aliphatic heterocycles. The molecule has 30 heavy (non-hydrogen) atoms. The van der Waals surface area contributed by atoms with Gasteiger partial charge in [-0.3, -0.25) is 4.79 Å². The second-order valence-corrected chi connectivity index (χ2v) is 7.89. The molecule has 1 aliphatic carbocycles. The molecule has 1 fully saturated rings. The number of amides is 1. The maximum Gasteiger partial charge on any atom is 0.243 e. The summed E-state index contributed by atoms with van der Waals surface area (Å²) in [7, 11) is 5.14. The predicted octanol–water partition coefficient (Wildman–Crippen LogP) is 2.60. The number of rotatable bonds is 10. The summed E-state index contributed by atoms with van der Waals surface area (Å²) in [5.74, 6) is 1.47. The Morgan fingerprint density at radius 3 is 2.37 bits per heavy atom. The van der Waals surface area contributed by atoms with Crippen molar-refractivity contribution in [2.75, 3.05) is 47.4 Å². The number of aliphatic imine (C=N–C) groups is 1. The van der Waals surface area contributed by atoms with Gasteiger partial charge < -0.3 is 25.0 Å². The molecule has 7 nitrogen and oxygen atoms in total. The van der Waals surface area contributed by atoms with Gasteiger partial charge in [-0.1, -0.05) is 37.8 Å². The lowest BCUT2D eigenvalue weighted by molar-refractivity contribution is -0.127. The molecule has 7 heteroatoms. The molecular weight excluding hydrogens is 380 g/mol. The Kier molecular flexibility index (Phi) is 11.1. The van der Waals surface area contributed by atoms with E-state index in [4.69, 9.17) is 9.47 Å². The van der Waals surface area contributed by atoms with Crippen molar-refractivity contribution in [3.05, 3.63) is 29.8 Å². The Bertz CT molecular complexity index is 638. The first-order chi connectivity index (χ1) is 14.6. The van der Waals surface area contributed by atoms with Gasteiger partial charge in [0.2, 0.25) is 5.91 Å². The summed E-state index contributed by atoms with van der Waals surface area (Å²) in [5, 5.41) is 6.62. The lowest BCUT2D eigenvalue weighted by atomic mass is 10.1. The van der Waals surface area contributed by atoms with E-state index in [1.807, 2.05) is 12.1 Å². The molecule has 0 unspecified atom stereocenters. The van der Waals surface area contributed by atoms with Gasteiger partial charge in [-0.25, -0.2) is 4.99 Å². The second kappa shape index (κ2) is 13.9. The summed E-state index contributed by atoms with van der Waals surface area (Å²) in [6.45, 7) is 2.15. The molecule has 0 atom stereocenters. The van der Waals surface area contributed by atoms with Crippen molar-refractivity contribution >= 4 is 11.9 Å². The van der Waals surface area contributed by atoms with Gasteiger partial charge in [0.25, 0.3) is 0 Å². The normalized spacial score (nSPS) is 15.4. The van der Waals surface area contributed by atoms with E-state index < -0.39 is 0 Å². The zero-order valence-electron chi connectivity index (χ0n) is 18.8. The number of guanidine groups is 1. The molecule has 1 amide bonds. The molecule has 1 aromatic carbocycles. The summed E-state index contributed by atoms with van der Waals surface area (Å²) < 4.78 is 11.2. The fourth-order valence-corrected chi connectivity index (χ4v) is 3.38. The predicted molar refractivity (Wildman–Crippen MR) is 121 cm³/mol. The lowest BCUT2D eigenvalue weighted by Gasteiger charge is -2.17. The van der Waals surface area contributed by atoms with Crippen LogP contribution in [0, 0.1) is 0 Å². The molecule has 2 N–H and O–H groups in total. The van der Waals surface area contributed by atoms with Gasteiger partial charge in [0, 0.05) is 27.2 Å². The van der Waals surface area contributed by atoms with Crippen LogP contribution in [0.1, 0.15) is 44.1 Å². The highest BCUT2D eigenvalue weighted by Crippen LogP contribution is 2.19. The molecule has 0 heterocycles. The minimum atomic E-state index is -0.0269. The average molecular weight is 419 g/mol. The molecular formula is C23H38N4O3. The number of likely N-dealkylation sites (N-methyl/N-ethyl adjacent to an activating group) is 1. The van der Waals surface area contributed by atoms with Crippen molar-refractivity contribution in [1.82, 2.24) is 15.5 Å². The number of hydrogen-bond acceptors (Lipinski definition) is 4. The number of ether oxygens (including phenoxy) is 2. The zero-order valence-corrected chi connectivity index (χ0v) is 18.8. The van der Waals surface area contributed by atoms with Gasteiger partial charge in [-0.15, -0.1) is 0 Å². The lowest BCUT2D eigenvalue weighted by Crippen LogP contribution is -2.41. The average Bonchev–Trinajstić information content (AvgIpc) is 3.03. The first-order valence-electron chi connectivity index (χ1n) is 11.1. The van der Waals surface area contributed by atoms with E-state index in [1.54, 1.807) is 26.1 Å². The van der Waals surface area contributed by atoms with E-state index in [2.05, 4.69) is 27.8 Å². The van der Waals surface area contributed by atoms with Crippen LogP contribution >= 0.6 is 0 Å². The Balaban J connectivity index is 1.78. The SMILES string of the molecule is COc1ccc(CCNC(=NCC(=O)N(C)C)NCCOC2CCCCCC2)cc1. The van der Waals surface area contributed by atoms with Gasteiger partial charge in [0.05, 0.1) is 19.8 Å². The molecule has 0 saturated heterocycles. The maximum atomic E-state index is 11.9. The monoisotopic (exact) mass is 418 g/mol. The summed E-state index contributed by atoms with van der Waals surface area (Å²) >= 11 is 0. The van der Waals surface area contributed by atoms with Crippen molar-refractivity contribution in [1.29, 1.82) is 0 Å². The number of nitrogens with zero attached hydrogens (tertiary/aromatic N) is 2. The molecule has 168 valence electrons. The van der Waals surface area contributed by atoms with E-state index in [1.165, 1.54) is 44.1 Å². The van der Waals surface area contributed by atoms with Crippen molar-refractivity contribution in [3.63, 3.8) is 0 Å². The van der Waals surface area contributed by atoms with Crippen LogP contribution in [0.4, 0.5) is 0 Å². The summed E-state index contributed by atoms with van der Waals surface area (Å²) in [6.07, 6.45) is 8.75. The van der Waals surface area contributed by atoms with Crippen LogP contribution in [0.15, 0.2) is 29.3 Å². The van der Waals surface area contributed by atoms with Crippen LogP contribution < -0.4 is 15.4 Å². The third-order valence-corrected chi connectivity index (χ3v) is 5.29. The van der Waals surface area contributed by atoms with E-state index in [0.29, 0.717) is 25.2 Å². The minimum Gasteiger partial charge on any atom is -0.497 e. The number of hydrogen-bond donors (Lipinski definition) is 2. The third kappa shape index (κ3) is 9.48. The van der Waals surface area contributed by atoms with Gasteiger partial charge in [-0.05, 0) is 37.0 Å².